The van der Waals surface area contributed by atoms with Gasteiger partial charge < -0.3 is 24.8 Å². The smallest absolute Gasteiger partial charge is 0.240 e. The molecule has 2 aliphatic heterocycles. The lowest BCUT2D eigenvalue weighted by molar-refractivity contribution is -0.137. The predicted molar refractivity (Wildman–Crippen MR) is 140 cm³/mol. The van der Waals surface area contributed by atoms with Gasteiger partial charge in [0.25, 0.3) is 0 Å². The van der Waals surface area contributed by atoms with Crippen LogP contribution >= 0.6 is 23.2 Å². The molecule has 186 valence electrons. The molecule has 7 nitrogen and oxygen atoms in total. The third-order valence-electron chi connectivity index (χ3n) is 7.34. The van der Waals surface area contributed by atoms with Crippen molar-refractivity contribution in [2.24, 2.45) is 0 Å². The molecule has 2 fully saturated rings. The Morgan fingerprint density at radius 1 is 1.20 bits per heavy atom. The summed E-state index contributed by atoms with van der Waals surface area (Å²) in [5.74, 6) is 0.116. The van der Waals surface area contributed by atoms with Gasteiger partial charge in [-0.05, 0) is 62.2 Å². The summed E-state index contributed by atoms with van der Waals surface area (Å²) in [5.41, 5.74) is 3.94. The highest BCUT2D eigenvalue weighted by atomic mass is 35.5. The van der Waals surface area contributed by atoms with E-state index < -0.39 is 0 Å². The first-order valence-corrected chi connectivity index (χ1v) is 13.0. The average molecular weight is 516 g/mol. The van der Waals surface area contributed by atoms with E-state index in [9.17, 15) is 9.90 Å². The summed E-state index contributed by atoms with van der Waals surface area (Å²) < 4.78 is 2.12. The van der Waals surface area contributed by atoms with Crippen LogP contribution in [0.3, 0.4) is 0 Å². The van der Waals surface area contributed by atoms with Gasteiger partial charge in [-0.2, -0.15) is 0 Å². The number of anilines is 1. The first kappa shape index (κ1) is 24.4. The maximum Gasteiger partial charge on any atom is 0.240 e. The van der Waals surface area contributed by atoms with E-state index in [4.69, 9.17) is 23.2 Å². The number of piperazine rings is 1. The van der Waals surface area contributed by atoms with E-state index in [1.807, 2.05) is 29.4 Å². The SMILES string of the molecule is CC(c1ccc(Cl)cc1Cl)n1cnc2ccc(N3CCN(C(=O)[C@H]4CCCCN4)[C@H](CO)C3)cc21. The number of amides is 1. The zero-order valence-electron chi connectivity index (χ0n) is 19.8. The number of hydrogen-bond donors (Lipinski definition) is 2. The van der Waals surface area contributed by atoms with Gasteiger partial charge in [-0.25, -0.2) is 4.98 Å². The summed E-state index contributed by atoms with van der Waals surface area (Å²) in [4.78, 5) is 21.8. The van der Waals surface area contributed by atoms with Crippen molar-refractivity contribution in [1.29, 1.82) is 0 Å². The molecular formula is C26H31Cl2N5O2. The first-order valence-electron chi connectivity index (χ1n) is 12.3. The number of rotatable bonds is 5. The van der Waals surface area contributed by atoms with Crippen molar-refractivity contribution in [3.63, 3.8) is 0 Å². The molecular weight excluding hydrogens is 485 g/mol. The third kappa shape index (κ3) is 4.87. The van der Waals surface area contributed by atoms with E-state index in [0.29, 0.717) is 29.7 Å². The van der Waals surface area contributed by atoms with E-state index in [1.165, 1.54) is 0 Å². The van der Waals surface area contributed by atoms with E-state index >= 15 is 0 Å². The van der Waals surface area contributed by atoms with Crippen LogP contribution in [0.15, 0.2) is 42.7 Å². The number of hydrogen-bond acceptors (Lipinski definition) is 5. The summed E-state index contributed by atoms with van der Waals surface area (Å²) in [5, 5.41) is 14.7. The fourth-order valence-electron chi connectivity index (χ4n) is 5.31. The zero-order chi connectivity index (χ0) is 24.5. The largest absolute Gasteiger partial charge is 0.394 e. The Morgan fingerprint density at radius 3 is 2.80 bits per heavy atom. The Morgan fingerprint density at radius 2 is 2.06 bits per heavy atom. The number of aliphatic hydroxyl groups excluding tert-OH is 1. The fraction of sp³-hybridized carbons (Fsp3) is 0.462. The fourth-order valence-corrected chi connectivity index (χ4v) is 5.88. The molecule has 1 aromatic heterocycles. The molecule has 3 atom stereocenters. The van der Waals surface area contributed by atoms with Gasteiger partial charge in [-0.1, -0.05) is 35.7 Å². The topological polar surface area (TPSA) is 73.6 Å². The minimum Gasteiger partial charge on any atom is -0.394 e. The van der Waals surface area contributed by atoms with Gasteiger partial charge in [-0.15, -0.1) is 0 Å². The van der Waals surface area contributed by atoms with Crippen LogP contribution < -0.4 is 10.2 Å². The van der Waals surface area contributed by atoms with Crippen LogP contribution in [0, 0.1) is 0 Å². The number of fused-ring (bicyclic) bond motifs is 1. The van der Waals surface area contributed by atoms with Gasteiger partial charge in [0.1, 0.15) is 0 Å². The second kappa shape index (κ2) is 10.3. The Bertz CT molecular complexity index is 1210. The molecule has 0 saturated carbocycles. The molecule has 0 spiro atoms. The first-order chi connectivity index (χ1) is 17.0. The maximum absolute atomic E-state index is 13.1. The second-order valence-electron chi connectivity index (χ2n) is 9.48. The molecule has 9 heteroatoms. The highest BCUT2D eigenvalue weighted by Crippen LogP contribution is 2.32. The highest BCUT2D eigenvalue weighted by molar-refractivity contribution is 6.35. The van der Waals surface area contributed by atoms with Crippen LogP contribution in [0.1, 0.15) is 37.8 Å². The predicted octanol–water partition coefficient (Wildman–Crippen LogP) is 4.10. The lowest BCUT2D eigenvalue weighted by Gasteiger charge is -2.43. The van der Waals surface area contributed by atoms with Gasteiger partial charge in [0.15, 0.2) is 0 Å². The van der Waals surface area contributed by atoms with Crippen LogP contribution in [0.5, 0.6) is 0 Å². The number of nitrogens with one attached hydrogen (secondary N) is 1. The zero-order valence-corrected chi connectivity index (χ0v) is 21.3. The molecule has 1 unspecified atom stereocenters. The van der Waals surface area contributed by atoms with Crippen LogP contribution in [0.2, 0.25) is 10.0 Å². The number of halogens is 2. The standard InChI is InChI=1S/C26H31Cl2N5O2/c1-17(21-7-5-18(27)12-22(21)28)33-16-30-23-8-6-19(13-25(23)33)31-10-11-32(20(14-31)15-34)26(35)24-4-2-3-9-29-24/h5-8,12-13,16-17,20,24,29,34H,2-4,9-11,14-15H2,1H3/t17?,20-,24+/m0/s1. The summed E-state index contributed by atoms with van der Waals surface area (Å²) >= 11 is 12.6. The van der Waals surface area contributed by atoms with Crippen LogP contribution in [-0.4, -0.2) is 70.3 Å². The van der Waals surface area contributed by atoms with Gasteiger partial charge in [-0.3, -0.25) is 4.79 Å². The molecule has 2 aliphatic rings. The molecule has 0 aliphatic carbocycles. The highest BCUT2D eigenvalue weighted by Gasteiger charge is 2.34. The Kier molecular flexibility index (Phi) is 7.21. The summed E-state index contributed by atoms with van der Waals surface area (Å²) in [6, 6.07) is 11.4. The number of carbonyl (C=O) groups excluding carboxylic acids is 1. The van der Waals surface area contributed by atoms with E-state index in [0.717, 1.165) is 48.1 Å². The Balaban J connectivity index is 1.37. The molecule has 0 radical (unpaired) electrons. The van der Waals surface area contributed by atoms with Crippen molar-refractivity contribution < 1.29 is 9.90 Å². The normalized spacial score (nSPS) is 21.9. The van der Waals surface area contributed by atoms with Crippen molar-refractivity contribution in [2.45, 2.75) is 44.3 Å². The third-order valence-corrected chi connectivity index (χ3v) is 7.90. The van der Waals surface area contributed by atoms with Crippen molar-refractivity contribution in [3.8, 4) is 0 Å². The molecule has 2 N–H and O–H groups in total. The van der Waals surface area contributed by atoms with Gasteiger partial charge in [0, 0.05) is 35.4 Å². The van der Waals surface area contributed by atoms with Crippen molar-refractivity contribution in [3.05, 3.63) is 58.3 Å². The number of aliphatic hydroxyl groups is 1. The van der Waals surface area contributed by atoms with Crippen molar-refractivity contribution >= 4 is 45.8 Å². The van der Waals surface area contributed by atoms with E-state index in [2.05, 4.69) is 38.8 Å². The lowest BCUT2D eigenvalue weighted by atomic mass is 10.0. The van der Waals surface area contributed by atoms with Gasteiger partial charge >= 0.3 is 0 Å². The van der Waals surface area contributed by atoms with Crippen molar-refractivity contribution in [1.82, 2.24) is 19.8 Å². The number of piperidine rings is 1. The van der Waals surface area contributed by atoms with E-state index in [-0.39, 0.29) is 30.6 Å². The van der Waals surface area contributed by atoms with Crippen molar-refractivity contribution in [2.75, 3.05) is 37.7 Å². The molecule has 1 amide bonds. The molecule has 35 heavy (non-hydrogen) atoms. The molecule has 3 aromatic rings. The summed E-state index contributed by atoms with van der Waals surface area (Å²) in [6.07, 6.45) is 4.89. The summed E-state index contributed by atoms with van der Waals surface area (Å²) in [6.45, 7) is 4.82. The molecule has 3 heterocycles. The number of nitrogens with zero attached hydrogens (tertiary/aromatic N) is 4. The Hall–Kier alpha value is -2.32. The van der Waals surface area contributed by atoms with Crippen LogP contribution in [0.25, 0.3) is 11.0 Å². The summed E-state index contributed by atoms with van der Waals surface area (Å²) in [7, 11) is 0. The van der Waals surface area contributed by atoms with Crippen LogP contribution in [0.4, 0.5) is 5.69 Å². The van der Waals surface area contributed by atoms with Crippen LogP contribution in [-0.2, 0) is 4.79 Å². The monoisotopic (exact) mass is 515 g/mol. The molecule has 2 aromatic carbocycles. The molecule has 2 saturated heterocycles. The minimum absolute atomic E-state index is 0.0253. The maximum atomic E-state index is 13.1. The molecule has 5 rings (SSSR count). The lowest BCUT2D eigenvalue weighted by Crippen LogP contribution is -2.60. The molecule has 0 bridgehead atoms. The quantitative estimate of drug-likeness (QED) is 0.534. The van der Waals surface area contributed by atoms with Gasteiger partial charge in [0.2, 0.25) is 5.91 Å². The Labute approximate surface area is 215 Å². The number of imidazole rings is 1. The van der Waals surface area contributed by atoms with E-state index in [1.54, 1.807) is 6.07 Å². The second-order valence-corrected chi connectivity index (χ2v) is 10.3. The van der Waals surface area contributed by atoms with Gasteiger partial charge in [0.05, 0.1) is 42.1 Å². The number of benzene rings is 2. The average Bonchev–Trinajstić information content (AvgIpc) is 3.31. The number of carbonyl (C=O) groups is 1. The minimum atomic E-state index is -0.229. The number of aromatic nitrogens is 2.